The molecule has 1 unspecified atom stereocenters. The number of hydrogen-bond donors (Lipinski definition) is 1. The maximum absolute atomic E-state index is 6.30. The minimum Gasteiger partial charge on any atom is -0.320 e. The highest BCUT2D eigenvalue weighted by Gasteiger charge is 2.11. The van der Waals surface area contributed by atoms with E-state index < -0.39 is 0 Å². The Labute approximate surface area is 115 Å². The highest BCUT2D eigenvalue weighted by atomic mass is 15.3. The molecule has 0 fully saturated rings. The van der Waals surface area contributed by atoms with Gasteiger partial charge in [0.2, 0.25) is 0 Å². The summed E-state index contributed by atoms with van der Waals surface area (Å²) in [7, 11) is 0. The number of nitrogens with zero attached hydrogens (tertiary/aromatic N) is 2. The molecule has 2 rings (SSSR count). The van der Waals surface area contributed by atoms with Crippen molar-refractivity contribution in [2.75, 3.05) is 0 Å². The van der Waals surface area contributed by atoms with Crippen molar-refractivity contribution in [3.63, 3.8) is 0 Å². The summed E-state index contributed by atoms with van der Waals surface area (Å²) in [5.74, 6) is 0.553. The van der Waals surface area contributed by atoms with Crippen LogP contribution in [-0.2, 0) is 6.54 Å². The molecule has 0 radical (unpaired) electrons. The first-order chi connectivity index (χ1) is 9.11. The van der Waals surface area contributed by atoms with Crippen molar-refractivity contribution in [2.45, 2.75) is 45.7 Å². The molecule has 0 bridgehead atoms. The van der Waals surface area contributed by atoms with Crippen molar-refractivity contribution in [1.29, 1.82) is 0 Å². The van der Waals surface area contributed by atoms with E-state index in [-0.39, 0.29) is 6.04 Å². The number of benzene rings is 1. The second-order valence-corrected chi connectivity index (χ2v) is 5.34. The normalized spacial score (nSPS) is 12.9. The lowest BCUT2D eigenvalue weighted by molar-refractivity contribution is 0.602. The molecule has 0 aliphatic heterocycles. The van der Waals surface area contributed by atoms with Crippen LogP contribution in [0.3, 0.4) is 0 Å². The summed E-state index contributed by atoms with van der Waals surface area (Å²) in [6, 6.07) is 8.48. The first-order valence-electron chi connectivity index (χ1n) is 6.99. The molecule has 1 aromatic heterocycles. The third-order valence-corrected chi connectivity index (χ3v) is 3.43. The Morgan fingerprint density at radius 2 is 1.74 bits per heavy atom. The van der Waals surface area contributed by atoms with Crippen molar-refractivity contribution in [3.8, 4) is 0 Å². The fraction of sp³-hybridized carbons (Fsp3) is 0.438. The predicted molar refractivity (Wildman–Crippen MR) is 79.1 cm³/mol. The van der Waals surface area contributed by atoms with E-state index in [2.05, 4.69) is 50.1 Å². The molecule has 1 heterocycles. The van der Waals surface area contributed by atoms with Gasteiger partial charge in [-0.3, -0.25) is 4.68 Å². The molecule has 0 spiro atoms. The van der Waals surface area contributed by atoms with Gasteiger partial charge < -0.3 is 5.73 Å². The molecule has 2 aromatic rings. The van der Waals surface area contributed by atoms with E-state index in [1.807, 2.05) is 17.1 Å². The van der Waals surface area contributed by atoms with E-state index in [0.717, 1.165) is 24.1 Å². The first-order valence-corrected chi connectivity index (χ1v) is 6.99. The molecule has 3 nitrogen and oxygen atoms in total. The van der Waals surface area contributed by atoms with Crippen LogP contribution in [0.15, 0.2) is 36.7 Å². The topological polar surface area (TPSA) is 43.8 Å². The van der Waals surface area contributed by atoms with Crippen LogP contribution in [0.4, 0.5) is 0 Å². The van der Waals surface area contributed by atoms with E-state index in [1.165, 1.54) is 5.56 Å². The predicted octanol–water partition coefficient (Wildman–Crippen LogP) is 3.46. The van der Waals surface area contributed by atoms with Crippen LogP contribution >= 0.6 is 0 Å². The molecule has 0 aliphatic carbocycles. The molecule has 0 aliphatic rings. The number of aromatic nitrogens is 2. The molecule has 19 heavy (non-hydrogen) atoms. The van der Waals surface area contributed by atoms with Gasteiger partial charge >= 0.3 is 0 Å². The average molecular weight is 257 g/mol. The Bertz CT molecular complexity index is 511. The van der Waals surface area contributed by atoms with Gasteiger partial charge in [-0.25, -0.2) is 0 Å². The summed E-state index contributed by atoms with van der Waals surface area (Å²) >= 11 is 0. The molecule has 1 atom stereocenters. The molecule has 0 saturated carbocycles. The minimum atomic E-state index is -0.0909. The molecule has 2 N–H and O–H groups in total. The highest BCUT2D eigenvalue weighted by molar-refractivity contribution is 5.32. The number of hydrogen-bond acceptors (Lipinski definition) is 2. The van der Waals surface area contributed by atoms with Crippen molar-refractivity contribution in [2.24, 2.45) is 5.73 Å². The van der Waals surface area contributed by atoms with Crippen LogP contribution < -0.4 is 5.73 Å². The zero-order valence-corrected chi connectivity index (χ0v) is 12.0. The van der Waals surface area contributed by atoms with Crippen LogP contribution in [-0.4, -0.2) is 9.78 Å². The molecule has 102 valence electrons. The lowest BCUT2D eigenvalue weighted by atomic mass is 9.97. The lowest BCUT2D eigenvalue weighted by Crippen LogP contribution is -2.11. The smallest absolute Gasteiger partial charge is 0.0582 e. The maximum atomic E-state index is 6.30. The summed E-state index contributed by atoms with van der Waals surface area (Å²) in [6.45, 7) is 7.48. The zero-order chi connectivity index (χ0) is 13.8. The van der Waals surface area contributed by atoms with Gasteiger partial charge in [-0.2, -0.15) is 5.10 Å². The maximum Gasteiger partial charge on any atom is 0.0582 e. The van der Waals surface area contributed by atoms with Gasteiger partial charge in [0.1, 0.15) is 0 Å². The second kappa shape index (κ2) is 6.02. The minimum absolute atomic E-state index is 0.0909. The number of aryl methyl sites for hydroxylation is 1. The number of rotatable bonds is 5. The van der Waals surface area contributed by atoms with Gasteiger partial charge in [0, 0.05) is 18.3 Å². The fourth-order valence-corrected chi connectivity index (χ4v) is 2.17. The quantitative estimate of drug-likeness (QED) is 0.891. The standard InChI is InChI=1S/C16H23N3/c1-4-9-19-11-15(10-18-19)16(17)14-7-5-13(6-8-14)12(2)3/h5-8,10-12,16H,4,9,17H2,1-3H3. The average Bonchev–Trinajstić information content (AvgIpc) is 2.87. The fourth-order valence-electron chi connectivity index (χ4n) is 2.17. The van der Waals surface area contributed by atoms with Gasteiger partial charge in [0.25, 0.3) is 0 Å². The Morgan fingerprint density at radius 1 is 1.11 bits per heavy atom. The molecule has 0 saturated heterocycles. The van der Waals surface area contributed by atoms with E-state index in [4.69, 9.17) is 5.73 Å². The monoisotopic (exact) mass is 257 g/mol. The van der Waals surface area contributed by atoms with E-state index in [1.54, 1.807) is 0 Å². The summed E-state index contributed by atoms with van der Waals surface area (Å²) in [4.78, 5) is 0. The molecule has 0 amide bonds. The summed E-state index contributed by atoms with van der Waals surface area (Å²) in [5, 5.41) is 4.33. The highest BCUT2D eigenvalue weighted by Crippen LogP contribution is 2.22. The SMILES string of the molecule is CCCn1cc(C(N)c2ccc(C(C)C)cc2)cn1. The largest absolute Gasteiger partial charge is 0.320 e. The molecular formula is C16H23N3. The third kappa shape index (κ3) is 3.24. The van der Waals surface area contributed by atoms with Crippen LogP contribution in [0, 0.1) is 0 Å². The third-order valence-electron chi connectivity index (χ3n) is 3.43. The van der Waals surface area contributed by atoms with E-state index in [0.29, 0.717) is 5.92 Å². The van der Waals surface area contributed by atoms with Gasteiger partial charge in [0.15, 0.2) is 0 Å². The van der Waals surface area contributed by atoms with Crippen LogP contribution in [0.25, 0.3) is 0 Å². The summed E-state index contributed by atoms with van der Waals surface area (Å²) in [5.41, 5.74) is 9.86. The van der Waals surface area contributed by atoms with Crippen molar-refractivity contribution in [3.05, 3.63) is 53.3 Å². The van der Waals surface area contributed by atoms with Crippen LogP contribution in [0.2, 0.25) is 0 Å². The Kier molecular flexibility index (Phi) is 4.38. The van der Waals surface area contributed by atoms with Crippen LogP contribution in [0.1, 0.15) is 55.8 Å². The van der Waals surface area contributed by atoms with Crippen molar-refractivity contribution in [1.82, 2.24) is 9.78 Å². The first kappa shape index (κ1) is 13.8. The summed E-state index contributed by atoms with van der Waals surface area (Å²) in [6.07, 6.45) is 5.00. The summed E-state index contributed by atoms with van der Waals surface area (Å²) < 4.78 is 1.96. The zero-order valence-electron chi connectivity index (χ0n) is 12.0. The Morgan fingerprint density at radius 3 is 2.32 bits per heavy atom. The Hall–Kier alpha value is -1.61. The van der Waals surface area contributed by atoms with Gasteiger partial charge in [-0.15, -0.1) is 0 Å². The van der Waals surface area contributed by atoms with E-state index in [9.17, 15) is 0 Å². The van der Waals surface area contributed by atoms with Gasteiger partial charge in [-0.1, -0.05) is 45.0 Å². The van der Waals surface area contributed by atoms with Crippen LogP contribution in [0.5, 0.6) is 0 Å². The van der Waals surface area contributed by atoms with Gasteiger partial charge in [-0.05, 0) is 23.5 Å². The molecule has 1 aromatic carbocycles. The Balaban J connectivity index is 2.15. The lowest BCUT2D eigenvalue weighted by Gasteiger charge is -2.12. The number of nitrogens with two attached hydrogens (primary N) is 1. The van der Waals surface area contributed by atoms with Crippen molar-refractivity contribution < 1.29 is 0 Å². The van der Waals surface area contributed by atoms with Gasteiger partial charge in [0.05, 0.1) is 12.2 Å². The second-order valence-electron chi connectivity index (χ2n) is 5.34. The van der Waals surface area contributed by atoms with E-state index >= 15 is 0 Å². The molecular weight excluding hydrogens is 234 g/mol. The van der Waals surface area contributed by atoms with Crippen molar-refractivity contribution >= 4 is 0 Å². The molecule has 3 heteroatoms.